The van der Waals surface area contributed by atoms with E-state index in [2.05, 4.69) is 10.3 Å². The Kier molecular flexibility index (Phi) is 4.96. The van der Waals surface area contributed by atoms with Gasteiger partial charge in [-0.3, -0.25) is 0 Å². The van der Waals surface area contributed by atoms with Crippen molar-refractivity contribution >= 4 is 28.5 Å². The standard InChI is InChI=1S/C24H21N3O2/c1-16-8-12-19(13-9-16)23(29-24(28)20-14-10-17(2)11-15-20)18(3)27-22-7-5-4-6-21(22)25-26-27/h4-15H,1-3H3/b23-18-. The third-order valence-electron chi connectivity index (χ3n) is 4.79. The zero-order valence-electron chi connectivity index (χ0n) is 16.6. The van der Waals surface area contributed by atoms with E-state index in [9.17, 15) is 4.79 Å². The quantitative estimate of drug-likeness (QED) is 0.357. The number of hydrogen-bond acceptors (Lipinski definition) is 4. The Bertz CT molecular complexity index is 1200. The molecule has 0 fully saturated rings. The molecule has 144 valence electrons. The zero-order valence-corrected chi connectivity index (χ0v) is 16.6. The van der Waals surface area contributed by atoms with E-state index in [-0.39, 0.29) is 0 Å². The van der Waals surface area contributed by atoms with E-state index in [1.165, 1.54) is 0 Å². The van der Waals surface area contributed by atoms with Crippen molar-refractivity contribution in [3.05, 3.63) is 95.1 Å². The van der Waals surface area contributed by atoms with Crippen LogP contribution in [0.1, 0.15) is 34.0 Å². The van der Waals surface area contributed by atoms with Gasteiger partial charge in [-0.1, -0.05) is 64.9 Å². The SMILES string of the molecule is C/C(=C(/OC(=O)c1ccc(C)cc1)c1ccc(C)cc1)n1nnc2ccccc21. The minimum absolute atomic E-state index is 0.413. The van der Waals surface area contributed by atoms with E-state index in [4.69, 9.17) is 4.74 Å². The summed E-state index contributed by atoms with van der Waals surface area (Å²) in [4.78, 5) is 12.8. The van der Waals surface area contributed by atoms with Crippen LogP contribution in [0.3, 0.4) is 0 Å². The summed E-state index contributed by atoms with van der Waals surface area (Å²) in [7, 11) is 0. The Labute approximate surface area is 169 Å². The number of aryl methyl sites for hydroxylation is 2. The lowest BCUT2D eigenvalue weighted by Crippen LogP contribution is -2.09. The highest BCUT2D eigenvalue weighted by Crippen LogP contribution is 2.27. The van der Waals surface area contributed by atoms with Crippen LogP contribution >= 0.6 is 0 Å². The van der Waals surface area contributed by atoms with Gasteiger partial charge < -0.3 is 4.74 Å². The second-order valence-corrected chi connectivity index (χ2v) is 7.03. The number of carbonyl (C=O) groups is 1. The minimum atomic E-state index is -0.413. The fraction of sp³-hybridized carbons (Fsp3) is 0.125. The van der Waals surface area contributed by atoms with Crippen molar-refractivity contribution < 1.29 is 9.53 Å². The number of esters is 1. The molecular weight excluding hydrogens is 362 g/mol. The molecule has 0 unspecified atom stereocenters. The van der Waals surface area contributed by atoms with Gasteiger partial charge in [0.25, 0.3) is 0 Å². The molecule has 1 aromatic heterocycles. The molecule has 29 heavy (non-hydrogen) atoms. The van der Waals surface area contributed by atoms with E-state index in [1.807, 2.05) is 81.4 Å². The molecule has 0 aliphatic heterocycles. The highest BCUT2D eigenvalue weighted by Gasteiger charge is 2.18. The maximum atomic E-state index is 12.8. The summed E-state index contributed by atoms with van der Waals surface area (Å²) >= 11 is 0. The lowest BCUT2D eigenvalue weighted by atomic mass is 10.1. The Balaban J connectivity index is 1.81. The Morgan fingerprint density at radius 3 is 2.07 bits per heavy atom. The third-order valence-corrected chi connectivity index (χ3v) is 4.79. The predicted molar refractivity (Wildman–Crippen MR) is 114 cm³/mol. The molecule has 0 atom stereocenters. The number of fused-ring (bicyclic) bond motifs is 1. The second kappa shape index (κ2) is 7.72. The molecule has 0 saturated heterocycles. The molecule has 1 heterocycles. The summed E-state index contributed by atoms with van der Waals surface area (Å²) < 4.78 is 7.59. The maximum Gasteiger partial charge on any atom is 0.343 e. The number of ether oxygens (including phenoxy) is 1. The van der Waals surface area contributed by atoms with Gasteiger partial charge in [0.2, 0.25) is 0 Å². The molecule has 0 saturated carbocycles. The summed E-state index contributed by atoms with van der Waals surface area (Å²) in [6, 6.07) is 22.9. The molecule has 0 radical (unpaired) electrons. The van der Waals surface area contributed by atoms with Crippen LogP contribution in [0.25, 0.3) is 22.5 Å². The van der Waals surface area contributed by atoms with E-state index >= 15 is 0 Å². The van der Waals surface area contributed by atoms with Crippen molar-refractivity contribution in [2.24, 2.45) is 0 Å². The number of aromatic nitrogens is 3. The lowest BCUT2D eigenvalue weighted by molar-refractivity contribution is 0.0692. The average Bonchev–Trinajstić information content (AvgIpc) is 3.17. The number of carbonyl (C=O) groups excluding carboxylic acids is 1. The molecular formula is C24H21N3O2. The van der Waals surface area contributed by atoms with Gasteiger partial charge in [-0.25, -0.2) is 9.48 Å². The van der Waals surface area contributed by atoms with E-state index in [0.717, 1.165) is 27.7 Å². The maximum absolute atomic E-state index is 12.8. The largest absolute Gasteiger partial charge is 0.420 e. The Morgan fingerprint density at radius 1 is 0.828 bits per heavy atom. The number of nitrogens with zero attached hydrogens (tertiary/aromatic N) is 3. The molecule has 0 N–H and O–H groups in total. The first-order valence-corrected chi connectivity index (χ1v) is 9.40. The van der Waals surface area contributed by atoms with Crippen LogP contribution < -0.4 is 0 Å². The summed E-state index contributed by atoms with van der Waals surface area (Å²) in [6.45, 7) is 5.87. The molecule has 4 aromatic rings. The van der Waals surface area contributed by atoms with Crippen LogP contribution in [-0.2, 0) is 4.74 Å². The molecule has 0 bridgehead atoms. The summed E-state index contributed by atoms with van der Waals surface area (Å²) in [5.41, 5.74) is 5.82. The zero-order chi connectivity index (χ0) is 20.4. The fourth-order valence-electron chi connectivity index (χ4n) is 3.10. The van der Waals surface area contributed by atoms with Gasteiger partial charge in [-0.2, -0.15) is 0 Å². The Hall–Kier alpha value is -3.73. The predicted octanol–water partition coefficient (Wildman–Crippen LogP) is 5.25. The lowest BCUT2D eigenvalue weighted by Gasteiger charge is -2.14. The fourth-order valence-corrected chi connectivity index (χ4v) is 3.10. The first kappa shape index (κ1) is 18.6. The van der Waals surface area contributed by atoms with E-state index < -0.39 is 5.97 Å². The van der Waals surface area contributed by atoms with Crippen molar-refractivity contribution in [2.45, 2.75) is 20.8 Å². The minimum Gasteiger partial charge on any atom is -0.420 e. The van der Waals surface area contributed by atoms with Crippen molar-refractivity contribution in [2.75, 3.05) is 0 Å². The van der Waals surface area contributed by atoms with Gasteiger partial charge in [0, 0.05) is 5.56 Å². The van der Waals surface area contributed by atoms with Gasteiger partial charge in [0.05, 0.1) is 16.8 Å². The van der Waals surface area contributed by atoms with E-state index in [0.29, 0.717) is 17.0 Å². The van der Waals surface area contributed by atoms with Gasteiger partial charge in [-0.15, -0.1) is 5.10 Å². The van der Waals surface area contributed by atoms with Gasteiger partial charge in [0.1, 0.15) is 5.52 Å². The topological polar surface area (TPSA) is 57.0 Å². The number of allylic oxidation sites excluding steroid dienone is 1. The van der Waals surface area contributed by atoms with Gasteiger partial charge >= 0.3 is 5.97 Å². The first-order valence-electron chi connectivity index (χ1n) is 9.40. The van der Waals surface area contributed by atoms with Crippen molar-refractivity contribution in [1.29, 1.82) is 0 Å². The van der Waals surface area contributed by atoms with Crippen LogP contribution in [0, 0.1) is 13.8 Å². The monoisotopic (exact) mass is 383 g/mol. The molecule has 0 aliphatic carbocycles. The normalized spacial score (nSPS) is 12.0. The van der Waals surface area contributed by atoms with Gasteiger partial charge in [-0.05, 0) is 45.0 Å². The van der Waals surface area contributed by atoms with Crippen LogP contribution in [-0.4, -0.2) is 21.0 Å². The van der Waals surface area contributed by atoms with Crippen molar-refractivity contribution in [3.8, 4) is 0 Å². The average molecular weight is 383 g/mol. The molecule has 0 spiro atoms. The van der Waals surface area contributed by atoms with Gasteiger partial charge in [0.15, 0.2) is 5.76 Å². The highest BCUT2D eigenvalue weighted by atomic mass is 16.5. The Morgan fingerprint density at radius 2 is 1.41 bits per heavy atom. The second-order valence-electron chi connectivity index (χ2n) is 7.03. The first-order chi connectivity index (χ1) is 14.0. The molecule has 3 aromatic carbocycles. The molecule has 0 aliphatic rings. The van der Waals surface area contributed by atoms with Crippen molar-refractivity contribution in [1.82, 2.24) is 15.0 Å². The number of rotatable bonds is 4. The third kappa shape index (κ3) is 3.80. The molecule has 0 amide bonds. The molecule has 4 rings (SSSR count). The van der Waals surface area contributed by atoms with E-state index in [1.54, 1.807) is 16.8 Å². The van der Waals surface area contributed by atoms with Crippen LogP contribution in [0.2, 0.25) is 0 Å². The summed E-state index contributed by atoms with van der Waals surface area (Å²) in [5, 5.41) is 8.48. The van der Waals surface area contributed by atoms with Crippen LogP contribution in [0.5, 0.6) is 0 Å². The van der Waals surface area contributed by atoms with Crippen molar-refractivity contribution in [3.63, 3.8) is 0 Å². The smallest absolute Gasteiger partial charge is 0.343 e. The van der Waals surface area contributed by atoms with Crippen LogP contribution in [0.15, 0.2) is 72.8 Å². The highest BCUT2D eigenvalue weighted by molar-refractivity contribution is 5.96. The summed E-state index contributed by atoms with van der Waals surface area (Å²) in [6.07, 6.45) is 0. The molecule has 5 nitrogen and oxygen atoms in total. The van der Waals surface area contributed by atoms with Crippen LogP contribution in [0.4, 0.5) is 0 Å². The number of benzene rings is 3. The summed E-state index contributed by atoms with van der Waals surface area (Å²) in [5.74, 6) is 0.0376. The molecule has 5 heteroatoms. The number of hydrogen-bond donors (Lipinski definition) is 0. The number of para-hydroxylation sites is 1.